The van der Waals surface area contributed by atoms with Crippen molar-refractivity contribution in [1.82, 2.24) is 10.2 Å². The van der Waals surface area contributed by atoms with Crippen molar-refractivity contribution in [3.05, 3.63) is 0 Å². The van der Waals surface area contributed by atoms with Gasteiger partial charge in [0.2, 0.25) is 0 Å². The van der Waals surface area contributed by atoms with Crippen molar-refractivity contribution in [2.75, 3.05) is 14.1 Å². The number of nitrogens with zero attached hydrogens (tertiary/aromatic N) is 1. The standard InChI is InChI=1S/C17H34N2/c1-12-10-14(3)17(15(11-12)18-4)19(5)16-9-7-6-8-13(16)2/h12-18H,6-11H2,1-5H3. The summed E-state index contributed by atoms with van der Waals surface area (Å²) in [6.45, 7) is 7.35. The molecule has 1 N–H and O–H groups in total. The third kappa shape index (κ3) is 3.33. The van der Waals surface area contributed by atoms with E-state index in [1.807, 2.05) is 0 Å². The summed E-state index contributed by atoms with van der Waals surface area (Å²) >= 11 is 0. The average Bonchev–Trinajstić information content (AvgIpc) is 2.37. The van der Waals surface area contributed by atoms with E-state index in [-0.39, 0.29) is 0 Å². The molecule has 0 aromatic heterocycles. The first-order valence-corrected chi connectivity index (χ1v) is 8.43. The fourth-order valence-corrected chi connectivity index (χ4v) is 4.94. The molecule has 19 heavy (non-hydrogen) atoms. The van der Waals surface area contributed by atoms with Crippen molar-refractivity contribution in [3.8, 4) is 0 Å². The molecule has 2 aliphatic carbocycles. The lowest BCUT2D eigenvalue weighted by Crippen LogP contribution is -2.58. The second-order valence-electron chi connectivity index (χ2n) is 7.43. The summed E-state index contributed by atoms with van der Waals surface area (Å²) < 4.78 is 0. The van der Waals surface area contributed by atoms with Crippen LogP contribution in [-0.4, -0.2) is 37.1 Å². The summed E-state index contributed by atoms with van der Waals surface area (Å²) in [5.74, 6) is 2.57. The molecule has 112 valence electrons. The van der Waals surface area contributed by atoms with Crippen LogP contribution in [0.5, 0.6) is 0 Å². The van der Waals surface area contributed by atoms with Crippen LogP contribution in [0.15, 0.2) is 0 Å². The Kier molecular flexibility index (Phi) is 5.30. The fourth-order valence-electron chi connectivity index (χ4n) is 4.94. The van der Waals surface area contributed by atoms with Gasteiger partial charge in [0, 0.05) is 18.1 Å². The van der Waals surface area contributed by atoms with Crippen molar-refractivity contribution >= 4 is 0 Å². The molecule has 0 radical (unpaired) electrons. The monoisotopic (exact) mass is 266 g/mol. The Labute approximate surface area is 120 Å². The third-order valence-electron chi connectivity index (χ3n) is 5.86. The molecule has 0 aromatic rings. The molecular formula is C17H34N2. The SMILES string of the molecule is CNC1CC(C)CC(C)C1N(C)C1CCCCC1C. The van der Waals surface area contributed by atoms with Crippen LogP contribution in [0.4, 0.5) is 0 Å². The Morgan fingerprint density at radius 3 is 2.26 bits per heavy atom. The topological polar surface area (TPSA) is 15.3 Å². The highest BCUT2D eigenvalue weighted by atomic mass is 15.2. The van der Waals surface area contributed by atoms with Gasteiger partial charge in [-0.15, -0.1) is 0 Å². The first-order valence-electron chi connectivity index (χ1n) is 8.43. The van der Waals surface area contributed by atoms with Crippen LogP contribution in [0.25, 0.3) is 0 Å². The van der Waals surface area contributed by atoms with Crippen molar-refractivity contribution in [2.45, 2.75) is 77.4 Å². The molecule has 2 aliphatic rings. The predicted molar refractivity (Wildman–Crippen MR) is 83.4 cm³/mol. The minimum Gasteiger partial charge on any atom is -0.315 e. The summed E-state index contributed by atoms with van der Waals surface area (Å²) in [5.41, 5.74) is 0. The van der Waals surface area contributed by atoms with Gasteiger partial charge < -0.3 is 5.32 Å². The number of nitrogens with one attached hydrogen (secondary N) is 1. The van der Waals surface area contributed by atoms with Gasteiger partial charge in [-0.05, 0) is 57.5 Å². The highest BCUT2D eigenvalue weighted by Crippen LogP contribution is 2.36. The van der Waals surface area contributed by atoms with E-state index < -0.39 is 0 Å². The summed E-state index contributed by atoms with van der Waals surface area (Å²) in [6.07, 6.45) is 8.45. The van der Waals surface area contributed by atoms with Gasteiger partial charge in [-0.3, -0.25) is 4.90 Å². The lowest BCUT2D eigenvalue weighted by molar-refractivity contribution is 0.0213. The minimum absolute atomic E-state index is 0.679. The van der Waals surface area contributed by atoms with Crippen LogP contribution >= 0.6 is 0 Å². The molecule has 0 amide bonds. The Balaban J connectivity index is 2.08. The Morgan fingerprint density at radius 2 is 1.63 bits per heavy atom. The van der Waals surface area contributed by atoms with Crippen molar-refractivity contribution in [1.29, 1.82) is 0 Å². The van der Waals surface area contributed by atoms with Gasteiger partial charge in [0.15, 0.2) is 0 Å². The van der Waals surface area contributed by atoms with Crippen molar-refractivity contribution < 1.29 is 0 Å². The molecular weight excluding hydrogens is 232 g/mol. The van der Waals surface area contributed by atoms with Crippen LogP contribution in [0.3, 0.4) is 0 Å². The van der Waals surface area contributed by atoms with Gasteiger partial charge in [0.05, 0.1) is 0 Å². The van der Waals surface area contributed by atoms with Crippen molar-refractivity contribution in [2.24, 2.45) is 17.8 Å². The second kappa shape index (κ2) is 6.58. The van der Waals surface area contributed by atoms with E-state index in [1.54, 1.807) is 0 Å². The molecule has 0 aromatic carbocycles. The molecule has 6 unspecified atom stereocenters. The van der Waals surface area contributed by atoms with E-state index in [0.717, 1.165) is 29.8 Å². The smallest absolute Gasteiger partial charge is 0.0274 e. The highest BCUT2D eigenvalue weighted by Gasteiger charge is 2.39. The fraction of sp³-hybridized carbons (Fsp3) is 1.00. The van der Waals surface area contributed by atoms with E-state index >= 15 is 0 Å². The maximum absolute atomic E-state index is 3.61. The zero-order valence-electron chi connectivity index (χ0n) is 13.7. The maximum atomic E-state index is 3.61. The Hall–Kier alpha value is -0.0800. The normalized spacial score (nSPS) is 44.5. The van der Waals surface area contributed by atoms with E-state index in [0.29, 0.717) is 6.04 Å². The molecule has 0 saturated heterocycles. The molecule has 2 heteroatoms. The highest BCUT2D eigenvalue weighted by molar-refractivity contribution is 4.95. The molecule has 0 heterocycles. The van der Waals surface area contributed by atoms with Gasteiger partial charge in [-0.25, -0.2) is 0 Å². The van der Waals surface area contributed by atoms with Crippen LogP contribution in [-0.2, 0) is 0 Å². The summed E-state index contributed by atoms with van der Waals surface area (Å²) in [6, 6.07) is 2.22. The molecule has 6 atom stereocenters. The number of hydrogen-bond acceptors (Lipinski definition) is 2. The largest absolute Gasteiger partial charge is 0.315 e. The van der Waals surface area contributed by atoms with Crippen LogP contribution < -0.4 is 5.32 Å². The first kappa shape index (κ1) is 15.3. The Morgan fingerprint density at radius 1 is 0.947 bits per heavy atom. The van der Waals surface area contributed by atoms with Gasteiger partial charge in [-0.2, -0.15) is 0 Å². The quantitative estimate of drug-likeness (QED) is 0.841. The molecule has 2 fully saturated rings. The minimum atomic E-state index is 0.679. The van der Waals surface area contributed by atoms with Crippen LogP contribution in [0, 0.1) is 17.8 Å². The maximum Gasteiger partial charge on any atom is 0.0274 e. The summed E-state index contributed by atoms with van der Waals surface area (Å²) in [5, 5.41) is 3.61. The number of likely N-dealkylation sites (N-methyl/N-ethyl adjacent to an activating group) is 2. The molecule has 2 nitrogen and oxygen atoms in total. The summed E-state index contributed by atoms with van der Waals surface area (Å²) in [4.78, 5) is 2.75. The Bertz CT molecular complexity index is 278. The lowest BCUT2D eigenvalue weighted by atomic mass is 9.74. The average molecular weight is 266 g/mol. The van der Waals surface area contributed by atoms with Crippen molar-refractivity contribution in [3.63, 3.8) is 0 Å². The predicted octanol–water partition coefficient (Wildman–Crippen LogP) is 3.52. The lowest BCUT2D eigenvalue weighted by Gasteiger charge is -2.49. The van der Waals surface area contributed by atoms with E-state index in [1.165, 1.54) is 38.5 Å². The van der Waals surface area contributed by atoms with E-state index in [2.05, 4.69) is 45.1 Å². The molecule has 0 spiro atoms. The third-order valence-corrected chi connectivity index (χ3v) is 5.86. The number of rotatable bonds is 3. The number of hydrogen-bond donors (Lipinski definition) is 1. The molecule has 0 bridgehead atoms. The first-order chi connectivity index (χ1) is 9.04. The van der Waals surface area contributed by atoms with Crippen LogP contribution in [0.2, 0.25) is 0 Å². The zero-order valence-corrected chi connectivity index (χ0v) is 13.7. The van der Waals surface area contributed by atoms with Gasteiger partial charge in [0.25, 0.3) is 0 Å². The van der Waals surface area contributed by atoms with Gasteiger partial charge >= 0.3 is 0 Å². The van der Waals surface area contributed by atoms with Gasteiger partial charge in [0.1, 0.15) is 0 Å². The van der Waals surface area contributed by atoms with E-state index in [4.69, 9.17) is 0 Å². The summed E-state index contributed by atoms with van der Waals surface area (Å²) in [7, 11) is 4.55. The zero-order chi connectivity index (χ0) is 14.0. The van der Waals surface area contributed by atoms with E-state index in [9.17, 15) is 0 Å². The molecule has 2 saturated carbocycles. The molecule has 2 rings (SSSR count). The molecule has 0 aliphatic heterocycles. The second-order valence-corrected chi connectivity index (χ2v) is 7.43. The van der Waals surface area contributed by atoms with Gasteiger partial charge in [-0.1, -0.05) is 33.6 Å². The van der Waals surface area contributed by atoms with Crippen LogP contribution in [0.1, 0.15) is 59.3 Å².